The summed E-state index contributed by atoms with van der Waals surface area (Å²) in [5.41, 5.74) is 4.01. The third kappa shape index (κ3) is 3.18. The van der Waals surface area contributed by atoms with Crippen LogP contribution < -0.4 is 15.8 Å². The normalized spacial score (nSPS) is 24.4. The lowest BCUT2D eigenvalue weighted by atomic mass is 9.95. The van der Waals surface area contributed by atoms with Gasteiger partial charge in [0.05, 0.1) is 12.7 Å². The van der Waals surface area contributed by atoms with Crippen molar-refractivity contribution in [2.24, 2.45) is 5.73 Å². The number of aromatic hydroxyl groups is 1. The third-order valence-electron chi connectivity index (χ3n) is 3.90. The van der Waals surface area contributed by atoms with Crippen molar-refractivity contribution in [2.45, 2.75) is 38.5 Å². The Labute approximate surface area is 138 Å². The number of ether oxygens (including phenoxy) is 2. The Bertz CT molecular complexity index is 702. The van der Waals surface area contributed by atoms with E-state index in [9.17, 15) is 19.5 Å². The van der Waals surface area contributed by atoms with Crippen LogP contribution in [0.2, 0.25) is 0 Å². The van der Waals surface area contributed by atoms with Gasteiger partial charge in [-0.25, -0.2) is 0 Å². The van der Waals surface area contributed by atoms with E-state index in [1.54, 1.807) is 13.0 Å². The Morgan fingerprint density at radius 1 is 1.46 bits per heavy atom. The predicted octanol–water partition coefficient (Wildman–Crippen LogP) is 0.389. The summed E-state index contributed by atoms with van der Waals surface area (Å²) in [6, 6.07) is 2.08. The average Bonchev–Trinajstić information content (AvgIpc) is 2.51. The molecule has 1 fully saturated rings. The van der Waals surface area contributed by atoms with Gasteiger partial charge in [-0.15, -0.1) is 0 Å². The summed E-state index contributed by atoms with van der Waals surface area (Å²) in [7, 11) is 1.34. The smallest absolute Gasteiger partial charge is 0.325 e. The Balaban J connectivity index is 2.49. The maximum atomic E-state index is 12.9. The van der Waals surface area contributed by atoms with Gasteiger partial charge >= 0.3 is 5.97 Å². The van der Waals surface area contributed by atoms with Gasteiger partial charge in [-0.2, -0.15) is 0 Å². The van der Waals surface area contributed by atoms with E-state index in [0.717, 1.165) is 0 Å². The summed E-state index contributed by atoms with van der Waals surface area (Å²) < 4.78 is 10.2. The minimum absolute atomic E-state index is 0.0117. The summed E-state index contributed by atoms with van der Waals surface area (Å²) >= 11 is 0. The molecule has 1 amide bonds. The van der Waals surface area contributed by atoms with E-state index in [1.165, 1.54) is 20.1 Å². The van der Waals surface area contributed by atoms with Crippen LogP contribution in [0.5, 0.6) is 11.5 Å². The van der Waals surface area contributed by atoms with E-state index in [1.807, 2.05) is 0 Å². The molecular formula is C16H20N2O6. The Morgan fingerprint density at radius 2 is 2.12 bits per heavy atom. The monoisotopic (exact) mass is 336 g/mol. The summed E-state index contributed by atoms with van der Waals surface area (Å²) in [6.45, 7) is 2.86. The van der Waals surface area contributed by atoms with Crippen LogP contribution in [0.15, 0.2) is 12.1 Å². The maximum absolute atomic E-state index is 12.9. The predicted molar refractivity (Wildman–Crippen MR) is 83.6 cm³/mol. The molecule has 1 heterocycles. The van der Waals surface area contributed by atoms with Crippen molar-refractivity contribution in [1.82, 2.24) is 5.32 Å². The molecule has 2 unspecified atom stereocenters. The molecular weight excluding hydrogens is 316 g/mol. The van der Waals surface area contributed by atoms with Crippen LogP contribution in [0.4, 0.5) is 0 Å². The summed E-state index contributed by atoms with van der Waals surface area (Å²) in [6.07, 6.45) is 0.112. The molecule has 2 rings (SSSR count). The first-order valence-electron chi connectivity index (χ1n) is 7.40. The highest BCUT2D eigenvalue weighted by Crippen LogP contribution is 2.35. The lowest BCUT2D eigenvalue weighted by Gasteiger charge is -2.32. The molecule has 1 saturated heterocycles. The SMILES string of the molecule is COc1ccc(C)c(C(=O)C2(C)NC(=O)CCC(N)C(=O)O2)c1O. The van der Waals surface area contributed by atoms with E-state index in [2.05, 4.69) is 5.32 Å². The molecule has 0 spiro atoms. The fourth-order valence-electron chi connectivity index (χ4n) is 2.50. The number of ketones is 1. The van der Waals surface area contributed by atoms with E-state index >= 15 is 0 Å². The van der Waals surface area contributed by atoms with E-state index in [4.69, 9.17) is 15.2 Å². The van der Waals surface area contributed by atoms with Gasteiger partial charge in [-0.05, 0) is 25.0 Å². The second kappa shape index (κ2) is 6.48. The molecule has 0 aliphatic carbocycles. The molecule has 0 radical (unpaired) electrons. The molecule has 1 aliphatic rings. The van der Waals surface area contributed by atoms with Gasteiger partial charge in [0.2, 0.25) is 17.4 Å². The number of aryl methyl sites for hydroxylation is 1. The average molecular weight is 336 g/mol. The fraction of sp³-hybridized carbons (Fsp3) is 0.438. The van der Waals surface area contributed by atoms with Gasteiger partial charge in [0, 0.05) is 13.3 Å². The van der Waals surface area contributed by atoms with Crippen molar-refractivity contribution in [1.29, 1.82) is 0 Å². The number of amides is 1. The molecule has 1 aromatic carbocycles. The van der Waals surface area contributed by atoms with Crippen molar-refractivity contribution in [3.05, 3.63) is 23.3 Å². The summed E-state index contributed by atoms with van der Waals surface area (Å²) in [4.78, 5) is 36.9. The zero-order valence-electron chi connectivity index (χ0n) is 13.7. The molecule has 1 aliphatic heterocycles. The molecule has 8 nitrogen and oxygen atoms in total. The second-order valence-electron chi connectivity index (χ2n) is 5.79. The number of nitrogens with two attached hydrogens (primary N) is 1. The third-order valence-corrected chi connectivity index (χ3v) is 3.90. The molecule has 24 heavy (non-hydrogen) atoms. The van der Waals surface area contributed by atoms with Crippen LogP contribution in [0.3, 0.4) is 0 Å². The molecule has 4 N–H and O–H groups in total. The van der Waals surface area contributed by atoms with Crippen LogP contribution in [0, 0.1) is 6.92 Å². The number of nitrogens with one attached hydrogen (secondary N) is 1. The molecule has 8 heteroatoms. The zero-order valence-corrected chi connectivity index (χ0v) is 13.7. The van der Waals surface area contributed by atoms with Crippen molar-refractivity contribution in [3.63, 3.8) is 0 Å². The van der Waals surface area contributed by atoms with Gasteiger partial charge in [0.1, 0.15) is 6.04 Å². The van der Waals surface area contributed by atoms with E-state index in [0.29, 0.717) is 5.56 Å². The molecule has 1 aromatic rings. The van der Waals surface area contributed by atoms with Gasteiger partial charge < -0.3 is 25.6 Å². The molecule has 0 saturated carbocycles. The number of benzene rings is 1. The number of phenolic OH excluding ortho intramolecular Hbond substituents is 1. The number of carbonyl (C=O) groups is 3. The number of carbonyl (C=O) groups excluding carboxylic acids is 3. The first-order chi connectivity index (χ1) is 11.2. The molecule has 130 valence electrons. The number of esters is 1. The standard InChI is InChI=1S/C16H20N2O6/c1-8-4-6-10(23-3)13(20)12(8)14(21)16(2)18-11(19)7-5-9(17)15(22)24-16/h4,6,9,20H,5,7,17H2,1-3H3,(H,18,19). The first kappa shape index (κ1) is 17.7. The fourth-order valence-corrected chi connectivity index (χ4v) is 2.50. The number of rotatable bonds is 3. The van der Waals surface area contributed by atoms with Crippen LogP contribution in [-0.2, 0) is 14.3 Å². The highest BCUT2D eigenvalue weighted by atomic mass is 16.6. The van der Waals surface area contributed by atoms with E-state index < -0.39 is 29.4 Å². The quantitative estimate of drug-likeness (QED) is 0.538. The highest BCUT2D eigenvalue weighted by Gasteiger charge is 2.44. The van der Waals surface area contributed by atoms with Gasteiger partial charge in [-0.1, -0.05) is 6.07 Å². The minimum Gasteiger partial charge on any atom is -0.504 e. The van der Waals surface area contributed by atoms with Crippen LogP contribution in [0.25, 0.3) is 0 Å². The number of cyclic esters (lactones) is 1. The number of methoxy groups -OCH3 is 1. The number of hydrogen-bond donors (Lipinski definition) is 3. The molecule has 2 atom stereocenters. The minimum atomic E-state index is -1.97. The van der Waals surface area contributed by atoms with Crippen LogP contribution in [-0.4, -0.2) is 41.6 Å². The van der Waals surface area contributed by atoms with E-state index in [-0.39, 0.29) is 29.9 Å². The summed E-state index contributed by atoms with van der Waals surface area (Å²) in [5.74, 6) is -2.35. The molecule has 0 bridgehead atoms. The van der Waals surface area contributed by atoms with Gasteiger partial charge in [0.15, 0.2) is 11.5 Å². The zero-order chi connectivity index (χ0) is 18.1. The molecule has 0 aromatic heterocycles. The Hall–Kier alpha value is -2.61. The Morgan fingerprint density at radius 3 is 2.75 bits per heavy atom. The highest BCUT2D eigenvalue weighted by molar-refractivity contribution is 6.08. The maximum Gasteiger partial charge on any atom is 0.325 e. The summed E-state index contributed by atoms with van der Waals surface area (Å²) in [5, 5.41) is 12.7. The largest absolute Gasteiger partial charge is 0.504 e. The first-order valence-corrected chi connectivity index (χ1v) is 7.40. The number of Topliss-reactive ketones (excluding diaryl/α,β-unsaturated/α-hetero) is 1. The van der Waals surface area contributed by atoms with Crippen molar-refractivity contribution in [3.8, 4) is 11.5 Å². The second-order valence-corrected chi connectivity index (χ2v) is 5.79. The number of phenols is 1. The topological polar surface area (TPSA) is 128 Å². The van der Waals surface area contributed by atoms with Crippen molar-refractivity contribution in [2.75, 3.05) is 7.11 Å². The number of hydrogen-bond acceptors (Lipinski definition) is 7. The van der Waals surface area contributed by atoms with Crippen LogP contribution >= 0.6 is 0 Å². The van der Waals surface area contributed by atoms with Crippen LogP contribution in [0.1, 0.15) is 35.7 Å². The Kier molecular flexibility index (Phi) is 4.79. The van der Waals surface area contributed by atoms with Gasteiger partial charge in [0.25, 0.3) is 0 Å². The van der Waals surface area contributed by atoms with Crippen molar-refractivity contribution < 1.29 is 29.0 Å². The lowest BCUT2D eigenvalue weighted by molar-refractivity contribution is -0.162. The van der Waals surface area contributed by atoms with Gasteiger partial charge in [-0.3, -0.25) is 14.4 Å². The lowest BCUT2D eigenvalue weighted by Crippen LogP contribution is -2.58. The van der Waals surface area contributed by atoms with Crippen molar-refractivity contribution >= 4 is 17.7 Å².